The maximum absolute atomic E-state index is 5.77. The minimum atomic E-state index is -0.394. The molecule has 1 saturated carbocycles. The van der Waals surface area contributed by atoms with E-state index in [-0.39, 0.29) is 12.4 Å². The maximum Gasteiger partial charge on any atom is 0.121 e. The molecule has 0 spiro atoms. The predicted molar refractivity (Wildman–Crippen MR) is 48.1 cm³/mol. The summed E-state index contributed by atoms with van der Waals surface area (Å²) in [5.41, 5.74) is 5.31. The van der Waals surface area contributed by atoms with Gasteiger partial charge >= 0.3 is 0 Å². The highest BCUT2D eigenvalue weighted by molar-refractivity contribution is 6.50. The molecular formula is C6H12Cl3N. The van der Waals surface area contributed by atoms with Crippen molar-refractivity contribution in [1.82, 2.24) is 0 Å². The van der Waals surface area contributed by atoms with Crippen molar-refractivity contribution < 1.29 is 0 Å². The van der Waals surface area contributed by atoms with Gasteiger partial charge in [0.25, 0.3) is 0 Å². The molecule has 2 N–H and O–H groups in total. The Hall–Kier alpha value is 0.830. The van der Waals surface area contributed by atoms with E-state index < -0.39 is 4.33 Å². The molecule has 1 aliphatic carbocycles. The first-order valence-corrected chi connectivity index (χ1v) is 4.00. The lowest BCUT2D eigenvalue weighted by atomic mass is 10.2. The van der Waals surface area contributed by atoms with Crippen LogP contribution in [0.4, 0.5) is 0 Å². The predicted octanol–water partition coefficient (Wildman–Crippen LogP) is 2.34. The molecule has 0 aliphatic heterocycles. The average molecular weight is 205 g/mol. The molecule has 62 valence electrons. The first-order valence-electron chi connectivity index (χ1n) is 3.24. The molecule has 0 amide bonds. The molecule has 0 aromatic rings. The van der Waals surface area contributed by atoms with Crippen LogP contribution in [-0.4, -0.2) is 10.9 Å². The van der Waals surface area contributed by atoms with Gasteiger partial charge in [0.2, 0.25) is 0 Å². The molecule has 4 heteroatoms. The topological polar surface area (TPSA) is 26.0 Å². The van der Waals surface area contributed by atoms with Crippen LogP contribution in [0, 0.1) is 5.92 Å². The van der Waals surface area contributed by atoms with Crippen molar-refractivity contribution in [2.75, 3.05) is 6.54 Å². The van der Waals surface area contributed by atoms with Crippen molar-refractivity contribution >= 4 is 35.6 Å². The summed E-state index contributed by atoms with van der Waals surface area (Å²) in [4.78, 5) is 0. The van der Waals surface area contributed by atoms with Crippen LogP contribution in [-0.2, 0) is 0 Å². The second-order valence-corrected chi connectivity index (χ2v) is 4.14. The van der Waals surface area contributed by atoms with Crippen LogP contribution >= 0.6 is 35.6 Å². The van der Waals surface area contributed by atoms with Crippen molar-refractivity contribution in [3.05, 3.63) is 0 Å². The summed E-state index contributed by atoms with van der Waals surface area (Å²) in [6.07, 6.45) is 3.09. The van der Waals surface area contributed by atoms with Gasteiger partial charge in [-0.15, -0.1) is 35.6 Å². The summed E-state index contributed by atoms with van der Waals surface area (Å²) in [7, 11) is 0. The number of rotatable bonds is 3. The fourth-order valence-corrected chi connectivity index (χ4v) is 1.54. The zero-order valence-electron chi connectivity index (χ0n) is 5.65. The zero-order valence-corrected chi connectivity index (χ0v) is 7.98. The Labute approximate surface area is 77.7 Å². The largest absolute Gasteiger partial charge is 0.330 e. The third-order valence-electron chi connectivity index (χ3n) is 1.71. The van der Waals surface area contributed by atoms with Crippen molar-refractivity contribution in [3.63, 3.8) is 0 Å². The standard InChI is InChI=1S/C6H11Cl2N.ClH/c7-6(8)4-5(6)2-1-3-9;/h5H,1-4,9H2;1H. The van der Waals surface area contributed by atoms with E-state index in [1.165, 1.54) is 0 Å². The van der Waals surface area contributed by atoms with Gasteiger partial charge in [-0.2, -0.15) is 0 Å². The Balaban J connectivity index is 0.000000810. The van der Waals surface area contributed by atoms with E-state index in [9.17, 15) is 0 Å². The average Bonchev–Trinajstić information content (AvgIpc) is 2.35. The molecule has 0 bridgehead atoms. The van der Waals surface area contributed by atoms with E-state index in [1.54, 1.807) is 0 Å². The van der Waals surface area contributed by atoms with Gasteiger partial charge in [-0.1, -0.05) is 0 Å². The minimum Gasteiger partial charge on any atom is -0.330 e. The van der Waals surface area contributed by atoms with Gasteiger partial charge in [-0.3, -0.25) is 0 Å². The summed E-state index contributed by atoms with van der Waals surface area (Å²) >= 11 is 11.5. The Bertz CT molecular complexity index is 105. The SMILES string of the molecule is Cl.NCCCC1CC1(Cl)Cl. The zero-order chi connectivity index (χ0) is 6.91. The van der Waals surface area contributed by atoms with E-state index in [0.717, 1.165) is 25.8 Å². The summed E-state index contributed by atoms with van der Waals surface area (Å²) in [6.45, 7) is 0.750. The fraction of sp³-hybridized carbons (Fsp3) is 1.00. The molecule has 10 heavy (non-hydrogen) atoms. The highest BCUT2D eigenvalue weighted by Crippen LogP contribution is 2.55. The van der Waals surface area contributed by atoms with Gasteiger partial charge in [0.1, 0.15) is 4.33 Å². The molecule has 1 atom stereocenters. The van der Waals surface area contributed by atoms with Gasteiger partial charge in [-0.05, 0) is 31.7 Å². The van der Waals surface area contributed by atoms with Crippen LogP contribution in [0.3, 0.4) is 0 Å². The summed E-state index contributed by atoms with van der Waals surface area (Å²) in [5, 5.41) is 0. The second-order valence-electron chi connectivity index (χ2n) is 2.59. The van der Waals surface area contributed by atoms with Gasteiger partial charge in [0.15, 0.2) is 0 Å². The first kappa shape index (κ1) is 10.8. The first-order chi connectivity index (χ1) is 4.17. The van der Waals surface area contributed by atoms with E-state index >= 15 is 0 Å². The number of nitrogens with two attached hydrogens (primary N) is 1. The highest BCUT2D eigenvalue weighted by atomic mass is 35.5. The van der Waals surface area contributed by atoms with E-state index in [2.05, 4.69) is 0 Å². The van der Waals surface area contributed by atoms with Crippen LogP contribution < -0.4 is 5.73 Å². The molecule has 0 aromatic carbocycles. The van der Waals surface area contributed by atoms with Gasteiger partial charge < -0.3 is 5.73 Å². The second kappa shape index (κ2) is 4.01. The molecule has 0 saturated heterocycles. The molecule has 0 heterocycles. The third kappa shape index (κ3) is 2.83. The normalized spacial score (nSPS) is 27.3. The molecule has 1 aliphatic rings. The summed E-state index contributed by atoms with van der Waals surface area (Å²) in [6, 6.07) is 0. The van der Waals surface area contributed by atoms with Crippen LogP contribution in [0.5, 0.6) is 0 Å². The Morgan fingerprint density at radius 2 is 2.00 bits per heavy atom. The molecule has 0 aromatic heterocycles. The third-order valence-corrected chi connectivity index (χ3v) is 2.64. The van der Waals surface area contributed by atoms with Crippen molar-refractivity contribution in [1.29, 1.82) is 0 Å². The lowest BCUT2D eigenvalue weighted by Crippen LogP contribution is -2.00. The molecule has 0 radical (unpaired) electrons. The fourth-order valence-electron chi connectivity index (χ4n) is 0.947. The van der Waals surface area contributed by atoms with E-state index in [1.807, 2.05) is 0 Å². The molecule has 1 rings (SSSR count). The minimum absolute atomic E-state index is 0. The monoisotopic (exact) mass is 203 g/mol. The highest BCUT2D eigenvalue weighted by Gasteiger charge is 2.50. The van der Waals surface area contributed by atoms with Gasteiger partial charge in [0.05, 0.1) is 0 Å². The Kier molecular flexibility index (Phi) is 4.34. The number of halogens is 3. The lowest BCUT2D eigenvalue weighted by Gasteiger charge is -1.96. The van der Waals surface area contributed by atoms with Crippen LogP contribution in [0.25, 0.3) is 0 Å². The maximum atomic E-state index is 5.77. The summed E-state index contributed by atoms with van der Waals surface area (Å²) in [5.74, 6) is 0.518. The van der Waals surface area contributed by atoms with E-state index in [0.29, 0.717) is 5.92 Å². The molecule has 1 fully saturated rings. The smallest absolute Gasteiger partial charge is 0.121 e. The number of alkyl halides is 2. The molecular weight excluding hydrogens is 192 g/mol. The molecule has 1 nitrogen and oxygen atoms in total. The quantitative estimate of drug-likeness (QED) is 0.702. The molecule has 1 unspecified atom stereocenters. The van der Waals surface area contributed by atoms with Crippen molar-refractivity contribution in [2.45, 2.75) is 23.6 Å². The lowest BCUT2D eigenvalue weighted by molar-refractivity contribution is 0.669. The Morgan fingerprint density at radius 3 is 2.30 bits per heavy atom. The van der Waals surface area contributed by atoms with E-state index in [4.69, 9.17) is 28.9 Å². The number of hydrogen-bond acceptors (Lipinski definition) is 1. The van der Waals surface area contributed by atoms with Crippen molar-refractivity contribution in [3.8, 4) is 0 Å². The van der Waals surface area contributed by atoms with Gasteiger partial charge in [0, 0.05) is 0 Å². The van der Waals surface area contributed by atoms with Crippen LogP contribution in [0.1, 0.15) is 19.3 Å². The van der Waals surface area contributed by atoms with Crippen molar-refractivity contribution in [2.24, 2.45) is 11.7 Å². The van der Waals surface area contributed by atoms with Crippen LogP contribution in [0.15, 0.2) is 0 Å². The van der Waals surface area contributed by atoms with Gasteiger partial charge in [-0.25, -0.2) is 0 Å². The number of hydrogen-bond donors (Lipinski definition) is 1. The van der Waals surface area contributed by atoms with Crippen LogP contribution in [0.2, 0.25) is 0 Å². The Morgan fingerprint density at radius 1 is 1.50 bits per heavy atom. The summed E-state index contributed by atoms with van der Waals surface area (Å²) < 4.78 is -0.394.